The van der Waals surface area contributed by atoms with Crippen LogP contribution in [0.1, 0.15) is 277 Å². The van der Waals surface area contributed by atoms with Crippen molar-refractivity contribution in [2.75, 3.05) is 6.61 Å². The molecule has 0 aliphatic rings. The number of hydrogen-bond acceptors (Lipinski definition) is 4. The van der Waals surface area contributed by atoms with E-state index in [0.717, 1.165) is 51.4 Å². The summed E-state index contributed by atoms with van der Waals surface area (Å²) in [5, 5.41) is 33.4. The van der Waals surface area contributed by atoms with E-state index in [0.29, 0.717) is 6.42 Å². The number of aliphatic hydroxyl groups is 3. The maximum atomic E-state index is 12.5. The minimum absolute atomic E-state index is 0.00429. The average molecular weight is 856 g/mol. The van der Waals surface area contributed by atoms with Crippen molar-refractivity contribution in [1.82, 2.24) is 5.32 Å². The van der Waals surface area contributed by atoms with Crippen molar-refractivity contribution in [2.24, 2.45) is 0 Å². The molecule has 0 fully saturated rings. The van der Waals surface area contributed by atoms with Crippen LogP contribution in [-0.2, 0) is 4.79 Å². The van der Waals surface area contributed by atoms with Crippen LogP contribution in [0.15, 0.2) is 48.6 Å². The lowest BCUT2D eigenvalue weighted by atomic mass is 10.0. The van der Waals surface area contributed by atoms with Crippen molar-refractivity contribution in [3.63, 3.8) is 0 Å². The largest absolute Gasteiger partial charge is 0.394 e. The fourth-order valence-electron chi connectivity index (χ4n) is 8.21. The summed E-state index contributed by atoms with van der Waals surface area (Å²) in [5.74, 6) is -0.332. The highest BCUT2D eigenvalue weighted by Gasteiger charge is 2.20. The number of rotatable bonds is 49. The SMILES string of the molecule is CCCCCCCCCCC/C=C\C/C=C\CCCCCCCC(O)CC(=O)NC(CO)C(O)/C=C/CC/C=C/CCCCCCCCCCCCCCCCCCCCC. The monoisotopic (exact) mass is 856 g/mol. The Morgan fingerprint density at radius 2 is 0.754 bits per heavy atom. The van der Waals surface area contributed by atoms with Crippen molar-refractivity contribution in [3.8, 4) is 0 Å². The van der Waals surface area contributed by atoms with Gasteiger partial charge in [-0.2, -0.15) is 0 Å². The molecule has 0 aliphatic heterocycles. The molecule has 0 saturated heterocycles. The van der Waals surface area contributed by atoms with Crippen molar-refractivity contribution in [2.45, 2.75) is 295 Å². The first-order valence-corrected chi connectivity index (χ1v) is 26.9. The maximum absolute atomic E-state index is 12.5. The van der Waals surface area contributed by atoms with Crippen molar-refractivity contribution in [1.29, 1.82) is 0 Å². The highest BCUT2D eigenvalue weighted by Crippen LogP contribution is 2.16. The Balaban J connectivity index is 3.66. The number of carbonyl (C=O) groups excluding carboxylic acids is 1. The van der Waals surface area contributed by atoms with Gasteiger partial charge in [0.25, 0.3) is 0 Å². The maximum Gasteiger partial charge on any atom is 0.222 e. The fraction of sp³-hybridized carbons (Fsp3) is 0.839. The molecule has 4 N–H and O–H groups in total. The Bertz CT molecular complexity index is 989. The Morgan fingerprint density at radius 1 is 0.426 bits per heavy atom. The van der Waals surface area contributed by atoms with E-state index < -0.39 is 18.2 Å². The predicted octanol–water partition coefficient (Wildman–Crippen LogP) is 16.4. The van der Waals surface area contributed by atoms with E-state index in [-0.39, 0.29) is 18.9 Å². The first kappa shape index (κ1) is 59.3. The number of amides is 1. The first-order chi connectivity index (χ1) is 30.0. The molecule has 5 nitrogen and oxygen atoms in total. The van der Waals surface area contributed by atoms with Crippen LogP contribution in [0.4, 0.5) is 0 Å². The van der Waals surface area contributed by atoms with E-state index in [1.54, 1.807) is 6.08 Å². The quantitative estimate of drug-likeness (QED) is 0.0362. The Kier molecular flexibility index (Phi) is 49.5. The molecular weight excluding hydrogens is 751 g/mol. The van der Waals surface area contributed by atoms with E-state index in [4.69, 9.17) is 0 Å². The second-order valence-corrected chi connectivity index (χ2v) is 18.5. The molecule has 0 aromatic rings. The van der Waals surface area contributed by atoms with Gasteiger partial charge in [-0.25, -0.2) is 0 Å². The van der Waals surface area contributed by atoms with E-state index >= 15 is 0 Å². The van der Waals surface area contributed by atoms with Crippen LogP contribution in [0.2, 0.25) is 0 Å². The molecular formula is C56H105NO4. The van der Waals surface area contributed by atoms with Gasteiger partial charge in [0.2, 0.25) is 5.91 Å². The zero-order valence-electron chi connectivity index (χ0n) is 40.8. The summed E-state index contributed by atoms with van der Waals surface area (Å²) in [7, 11) is 0. The number of carbonyl (C=O) groups is 1. The Labute approximate surface area is 380 Å². The lowest BCUT2D eigenvalue weighted by Crippen LogP contribution is -2.45. The van der Waals surface area contributed by atoms with Gasteiger partial charge in [-0.3, -0.25) is 4.79 Å². The van der Waals surface area contributed by atoms with Crippen LogP contribution >= 0.6 is 0 Å². The van der Waals surface area contributed by atoms with Crippen LogP contribution in [-0.4, -0.2) is 46.1 Å². The summed E-state index contributed by atoms with van der Waals surface area (Å²) < 4.78 is 0. The summed E-state index contributed by atoms with van der Waals surface area (Å²) in [4.78, 5) is 12.5. The van der Waals surface area contributed by atoms with Crippen molar-refractivity contribution in [3.05, 3.63) is 48.6 Å². The third kappa shape index (κ3) is 47.6. The van der Waals surface area contributed by atoms with Crippen molar-refractivity contribution >= 4 is 5.91 Å². The van der Waals surface area contributed by atoms with Gasteiger partial charge < -0.3 is 20.6 Å². The highest BCUT2D eigenvalue weighted by atomic mass is 16.3. The van der Waals surface area contributed by atoms with Gasteiger partial charge in [-0.1, -0.05) is 255 Å². The molecule has 61 heavy (non-hydrogen) atoms. The topological polar surface area (TPSA) is 89.8 Å². The lowest BCUT2D eigenvalue weighted by Gasteiger charge is -2.20. The minimum Gasteiger partial charge on any atom is -0.394 e. The fourth-order valence-corrected chi connectivity index (χ4v) is 8.21. The summed E-state index contributed by atoms with van der Waals surface area (Å²) in [6, 6.07) is -0.768. The average Bonchev–Trinajstić information content (AvgIpc) is 3.25. The molecule has 3 unspecified atom stereocenters. The van der Waals surface area contributed by atoms with Gasteiger partial charge in [-0.05, 0) is 64.2 Å². The van der Waals surface area contributed by atoms with Crippen LogP contribution in [0.5, 0.6) is 0 Å². The molecule has 358 valence electrons. The summed E-state index contributed by atoms with van der Waals surface area (Å²) in [6.07, 6.45) is 67.2. The summed E-state index contributed by atoms with van der Waals surface area (Å²) >= 11 is 0. The molecule has 0 saturated carbocycles. The smallest absolute Gasteiger partial charge is 0.222 e. The molecule has 5 heteroatoms. The van der Waals surface area contributed by atoms with Crippen LogP contribution in [0, 0.1) is 0 Å². The van der Waals surface area contributed by atoms with Gasteiger partial charge in [0.15, 0.2) is 0 Å². The normalized spacial score (nSPS) is 13.7. The Hall–Kier alpha value is -1.69. The molecule has 0 rings (SSSR count). The molecule has 0 heterocycles. The standard InChI is InChI=1S/C56H105NO4/c1-3-5-7-9-11-13-15-17-19-21-23-25-26-27-28-30-32-34-36-38-40-42-44-46-48-50-55(60)54(52-58)57-56(61)51-53(59)49-47-45-43-41-39-37-35-33-31-29-24-22-20-18-16-14-12-10-8-6-4-2/h24,29,33,35,40,42,48,50,53-55,58-60H,3-23,25-28,30-32,34,36-39,41,43-47,49,51-52H2,1-2H3,(H,57,61)/b29-24-,35-33-,42-40+,50-48+. The first-order valence-electron chi connectivity index (χ1n) is 26.9. The number of allylic oxidation sites excluding steroid dienone is 7. The van der Waals surface area contributed by atoms with E-state index in [2.05, 4.69) is 55.6 Å². The van der Waals surface area contributed by atoms with Gasteiger partial charge in [0, 0.05) is 0 Å². The van der Waals surface area contributed by atoms with Crippen LogP contribution < -0.4 is 5.32 Å². The van der Waals surface area contributed by atoms with Crippen molar-refractivity contribution < 1.29 is 20.1 Å². The Morgan fingerprint density at radius 3 is 1.15 bits per heavy atom. The molecule has 0 bridgehead atoms. The third-order valence-corrected chi connectivity index (χ3v) is 12.3. The second kappa shape index (κ2) is 50.9. The van der Waals surface area contributed by atoms with Gasteiger partial charge in [0.05, 0.1) is 31.3 Å². The molecule has 0 aromatic heterocycles. The van der Waals surface area contributed by atoms with E-state index in [9.17, 15) is 20.1 Å². The predicted molar refractivity (Wildman–Crippen MR) is 268 cm³/mol. The second-order valence-electron chi connectivity index (χ2n) is 18.5. The minimum atomic E-state index is -0.958. The van der Waals surface area contributed by atoms with E-state index in [1.165, 1.54) is 199 Å². The van der Waals surface area contributed by atoms with Crippen LogP contribution in [0.3, 0.4) is 0 Å². The molecule has 0 aliphatic carbocycles. The summed E-state index contributed by atoms with van der Waals surface area (Å²) in [5.41, 5.74) is 0. The van der Waals surface area contributed by atoms with Gasteiger partial charge >= 0.3 is 0 Å². The van der Waals surface area contributed by atoms with Gasteiger partial charge in [-0.15, -0.1) is 0 Å². The molecule has 1 amide bonds. The molecule has 3 atom stereocenters. The molecule has 0 spiro atoms. The van der Waals surface area contributed by atoms with Gasteiger partial charge in [0.1, 0.15) is 0 Å². The molecule has 0 radical (unpaired) electrons. The zero-order valence-corrected chi connectivity index (χ0v) is 40.8. The number of unbranched alkanes of at least 4 members (excludes halogenated alkanes) is 34. The van der Waals surface area contributed by atoms with E-state index in [1.807, 2.05) is 6.08 Å². The number of nitrogens with one attached hydrogen (secondary N) is 1. The molecule has 0 aromatic carbocycles. The summed E-state index contributed by atoms with van der Waals surface area (Å²) in [6.45, 7) is 4.22. The lowest BCUT2D eigenvalue weighted by molar-refractivity contribution is -0.124. The van der Waals surface area contributed by atoms with Crippen LogP contribution in [0.25, 0.3) is 0 Å². The number of hydrogen-bond donors (Lipinski definition) is 4. The number of aliphatic hydroxyl groups excluding tert-OH is 3. The zero-order chi connectivity index (χ0) is 44.4. The third-order valence-electron chi connectivity index (χ3n) is 12.3. The highest BCUT2D eigenvalue weighted by molar-refractivity contribution is 5.76.